The van der Waals surface area contributed by atoms with Crippen LogP contribution in [-0.4, -0.2) is 22.9 Å². The van der Waals surface area contributed by atoms with Crippen molar-refractivity contribution < 1.29 is 23.4 Å². The summed E-state index contributed by atoms with van der Waals surface area (Å²) >= 11 is 0. The van der Waals surface area contributed by atoms with E-state index in [9.17, 15) is 18.3 Å². The lowest BCUT2D eigenvalue weighted by Crippen LogP contribution is -2.20. The number of hydrogen-bond donors (Lipinski definition) is 2. The minimum absolute atomic E-state index is 0.396. The van der Waals surface area contributed by atoms with Crippen LogP contribution in [0.4, 0.5) is 13.2 Å². The summed E-state index contributed by atoms with van der Waals surface area (Å²) < 4.78 is 36.8. The Bertz CT molecular complexity index is 332. The molecule has 0 saturated heterocycles. The summed E-state index contributed by atoms with van der Waals surface area (Å²) in [7, 11) is 0. The van der Waals surface area contributed by atoms with Gasteiger partial charge in [0.05, 0.1) is 18.3 Å². The lowest BCUT2D eigenvalue weighted by molar-refractivity contribution is -0.137. The van der Waals surface area contributed by atoms with E-state index in [1.54, 1.807) is 6.92 Å². The predicted molar refractivity (Wildman–Crippen MR) is 53.0 cm³/mol. The number of aliphatic hydroxyl groups excluding tert-OH is 2. The van der Waals surface area contributed by atoms with Crippen LogP contribution in [0.15, 0.2) is 24.3 Å². The Balaban J connectivity index is 2.87. The molecule has 0 bridgehead atoms. The molecule has 2 unspecified atom stereocenters. The van der Waals surface area contributed by atoms with Crippen LogP contribution in [-0.2, 0) is 6.18 Å². The highest BCUT2D eigenvalue weighted by molar-refractivity contribution is 5.27. The van der Waals surface area contributed by atoms with Crippen molar-refractivity contribution in [3.63, 3.8) is 0 Å². The van der Waals surface area contributed by atoms with Crippen LogP contribution in [0.1, 0.15) is 24.0 Å². The van der Waals surface area contributed by atoms with Gasteiger partial charge in [0.15, 0.2) is 0 Å². The average Bonchev–Trinajstić information content (AvgIpc) is 2.26. The molecule has 1 aromatic carbocycles. The molecule has 0 saturated carbocycles. The van der Waals surface area contributed by atoms with Gasteiger partial charge in [-0.05, 0) is 17.7 Å². The Hall–Kier alpha value is -1.07. The lowest BCUT2D eigenvalue weighted by Gasteiger charge is -2.17. The Morgan fingerprint density at radius 2 is 1.69 bits per heavy atom. The van der Waals surface area contributed by atoms with Crippen molar-refractivity contribution in [2.24, 2.45) is 0 Å². The van der Waals surface area contributed by atoms with Crippen LogP contribution in [0.3, 0.4) is 0 Å². The minimum Gasteiger partial charge on any atom is -0.394 e. The van der Waals surface area contributed by atoms with E-state index in [0.717, 1.165) is 12.1 Å². The van der Waals surface area contributed by atoms with Gasteiger partial charge in [0.25, 0.3) is 0 Å². The summed E-state index contributed by atoms with van der Waals surface area (Å²) in [6.07, 6.45) is -5.31. The van der Waals surface area contributed by atoms with Crippen molar-refractivity contribution in [3.05, 3.63) is 35.4 Å². The van der Waals surface area contributed by atoms with Crippen LogP contribution >= 0.6 is 0 Å². The molecule has 0 heterocycles. The second-order valence-electron chi connectivity index (χ2n) is 3.66. The number of benzene rings is 1. The van der Waals surface area contributed by atoms with Crippen LogP contribution in [0.5, 0.6) is 0 Å². The molecule has 0 aromatic heterocycles. The summed E-state index contributed by atoms with van der Waals surface area (Å²) in [6.45, 7) is 1.23. The number of halogens is 3. The topological polar surface area (TPSA) is 40.5 Å². The summed E-state index contributed by atoms with van der Waals surface area (Å²) in [5.74, 6) is -0.396. The van der Waals surface area contributed by atoms with Crippen molar-refractivity contribution in [2.75, 3.05) is 6.61 Å². The van der Waals surface area contributed by atoms with E-state index < -0.39 is 30.4 Å². The first-order valence-corrected chi connectivity index (χ1v) is 4.82. The van der Waals surface area contributed by atoms with Gasteiger partial charge in [0.1, 0.15) is 0 Å². The van der Waals surface area contributed by atoms with Crippen molar-refractivity contribution in [1.82, 2.24) is 0 Å². The summed E-state index contributed by atoms with van der Waals surface area (Å²) in [5, 5.41) is 18.1. The van der Waals surface area contributed by atoms with Crippen LogP contribution < -0.4 is 0 Å². The van der Waals surface area contributed by atoms with E-state index in [2.05, 4.69) is 0 Å². The smallest absolute Gasteiger partial charge is 0.394 e. The molecule has 2 atom stereocenters. The lowest BCUT2D eigenvalue weighted by atomic mass is 9.95. The SMILES string of the molecule is CC(c1ccc(C(F)(F)F)cc1)C(O)CO. The van der Waals surface area contributed by atoms with Gasteiger partial charge in [-0.2, -0.15) is 13.2 Å². The second kappa shape index (κ2) is 4.84. The van der Waals surface area contributed by atoms with Gasteiger partial charge < -0.3 is 10.2 Å². The van der Waals surface area contributed by atoms with E-state index in [1.165, 1.54) is 12.1 Å². The molecule has 0 radical (unpaired) electrons. The maximum Gasteiger partial charge on any atom is 0.416 e. The quantitative estimate of drug-likeness (QED) is 0.841. The number of alkyl halides is 3. The van der Waals surface area contributed by atoms with Gasteiger partial charge >= 0.3 is 6.18 Å². The zero-order chi connectivity index (χ0) is 12.3. The average molecular weight is 234 g/mol. The third-order valence-electron chi connectivity index (χ3n) is 2.53. The largest absolute Gasteiger partial charge is 0.416 e. The first-order chi connectivity index (χ1) is 7.36. The molecule has 16 heavy (non-hydrogen) atoms. The Morgan fingerprint density at radius 1 is 1.19 bits per heavy atom. The Morgan fingerprint density at radius 3 is 2.06 bits per heavy atom. The normalized spacial score (nSPS) is 15.9. The maximum absolute atomic E-state index is 12.3. The van der Waals surface area contributed by atoms with E-state index in [-0.39, 0.29) is 0 Å². The molecule has 90 valence electrons. The minimum atomic E-state index is -4.35. The van der Waals surface area contributed by atoms with E-state index >= 15 is 0 Å². The molecule has 2 N–H and O–H groups in total. The standard InChI is InChI=1S/C11H13F3O2/c1-7(10(16)6-15)8-2-4-9(5-3-8)11(12,13)14/h2-5,7,10,15-16H,6H2,1H3. The highest BCUT2D eigenvalue weighted by Gasteiger charge is 2.30. The first-order valence-electron chi connectivity index (χ1n) is 4.82. The number of hydrogen-bond acceptors (Lipinski definition) is 2. The summed E-state index contributed by atoms with van der Waals surface area (Å²) in [4.78, 5) is 0. The molecule has 1 aromatic rings. The highest BCUT2D eigenvalue weighted by Crippen LogP contribution is 2.30. The molecule has 0 fully saturated rings. The maximum atomic E-state index is 12.3. The van der Waals surface area contributed by atoms with Gasteiger partial charge in [-0.15, -0.1) is 0 Å². The van der Waals surface area contributed by atoms with Crippen molar-refractivity contribution >= 4 is 0 Å². The fourth-order valence-corrected chi connectivity index (χ4v) is 1.36. The van der Waals surface area contributed by atoms with E-state index in [4.69, 9.17) is 5.11 Å². The molecule has 2 nitrogen and oxygen atoms in total. The predicted octanol–water partition coefficient (Wildman–Crippen LogP) is 2.16. The zero-order valence-corrected chi connectivity index (χ0v) is 8.70. The fraction of sp³-hybridized carbons (Fsp3) is 0.455. The van der Waals surface area contributed by atoms with Gasteiger partial charge in [-0.3, -0.25) is 0 Å². The summed E-state index contributed by atoms with van der Waals surface area (Å²) in [6, 6.07) is 4.56. The molecule has 1 rings (SSSR count). The zero-order valence-electron chi connectivity index (χ0n) is 8.70. The third kappa shape index (κ3) is 2.96. The molecule has 0 aliphatic rings. The van der Waals surface area contributed by atoms with Gasteiger partial charge in [-0.25, -0.2) is 0 Å². The van der Waals surface area contributed by atoms with Gasteiger partial charge in [0.2, 0.25) is 0 Å². The molecule has 0 amide bonds. The molecular formula is C11H13F3O2. The van der Waals surface area contributed by atoms with Crippen LogP contribution in [0.2, 0.25) is 0 Å². The van der Waals surface area contributed by atoms with Gasteiger partial charge in [0, 0.05) is 5.92 Å². The van der Waals surface area contributed by atoms with E-state index in [0.29, 0.717) is 5.56 Å². The van der Waals surface area contributed by atoms with Crippen LogP contribution in [0, 0.1) is 0 Å². The van der Waals surface area contributed by atoms with Crippen molar-refractivity contribution in [1.29, 1.82) is 0 Å². The van der Waals surface area contributed by atoms with Crippen LogP contribution in [0.25, 0.3) is 0 Å². The molecule has 0 aliphatic carbocycles. The summed E-state index contributed by atoms with van der Waals surface area (Å²) in [5.41, 5.74) is -0.156. The molecular weight excluding hydrogens is 221 g/mol. The Kier molecular flexibility index (Phi) is 3.93. The molecule has 5 heteroatoms. The second-order valence-corrected chi connectivity index (χ2v) is 3.66. The number of aliphatic hydroxyl groups is 2. The number of rotatable bonds is 3. The first kappa shape index (κ1) is 13.0. The van der Waals surface area contributed by atoms with Crippen molar-refractivity contribution in [2.45, 2.75) is 25.1 Å². The monoisotopic (exact) mass is 234 g/mol. The highest BCUT2D eigenvalue weighted by atomic mass is 19.4. The van der Waals surface area contributed by atoms with Gasteiger partial charge in [-0.1, -0.05) is 19.1 Å². The van der Waals surface area contributed by atoms with E-state index in [1.807, 2.05) is 0 Å². The molecule has 0 spiro atoms. The third-order valence-corrected chi connectivity index (χ3v) is 2.53. The Labute approximate surface area is 91.3 Å². The van der Waals surface area contributed by atoms with Crippen molar-refractivity contribution in [3.8, 4) is 0 Å². The fourth-order valence-electron chi connectivity index (χ4n) is 1.36. The molecule has 0 aliphatic heterocycles.